The van der Waals surface area contributed by atoms with E-state index in [-0.39, 0.29) is 12.4 Å². The van der Waals surface area contributed by atoms with E-state index in [0.717, 1.165) is 17.3 Å². The van der Waals surface area contributed by atoms with Gasteiger partial charge >= 0.3 is 6.09 Å². The number of hydrogen-bond donors (Lipinski definition) is 2. The number of thioether (sulfide) groups is 1. The summed E-state index contributed by atoms with van der Waals surface area (Å²) in [7, 11) is 0. The largest absolute Gasteiger partial charge is 0.450 e. The van der Waals surface area contributed by atoms with Crippen molar-refractivity contribution in [1.82, 2.24) is 25.5 Å². The molecule has 0 atom stereocenters. The SMILES string of the molecule is CCOC(=O)NC(=O)CSc1n[nH]c(-c2ccncc2)n1. The van der Waals surface area contributed by atoms with Gasteiger partial charge in [0.15, 0.2) is 5.82 Å². The molecule has 8 nitrogen and oxygen atoms in total. The normalized spacial score (nSPS) is 10.1. The highest BCUT2D eigenvalue weighted by Gasteiger charge is 2.11. The molecule has 2 amide bonds. The highest BCUT2D eigenvalue weighted by atomic mass is 32.2. The summed E-state index contributed by atoms with van der Waals surface area (Å²) in [4.78, 5) is 30.7. The first-order chi connectivity index (χ1) is 10.2. The number of nitrogens with one attached hydrogen (secondary N) is 2. The molecule has 2 aromatic heterocycles. The van der Waals surface area contributed by atoms with Gasteiger partial charge in [-0.1, -0.05) is 11.8 Å². The maximum absolute atomic E-state index is 11.5. The molecule has 9 heteroatoms. The number of aromatic amines is 1. The summed E-state index contributed by atoms with van der Waals surface area (Å²) in [5, 5.41) is 9.28. The minimum atomic E-state index is -0.754. The van der Waals surface area contributed by atoms with Gasteiger partial charge in [-0.3, -0.25) is 20.2 Å². The summed E-state index contributed by atoms with van der Waals surface area (Å²) < 4.78 is 4.60. The molecule has 0 aliphatic carbocycles. The summed E-state index contributed by atoms with van der Waals surface area (Å²) >= 11 is 1.12. The Morgan fingerprint density at radius 2 is 2.14 bits per heavy atom. The second-order valence-corrected chi connectivity index (χ2v) is 4.70. The van der Waals surface area contributed by atoms with Crippen LogP contribution < -0.4 is 5.32 Å². The number of pyridine rings is 1. The molecular weight excluding hydrogens is 294 g/mol. The molecular formula is C12H13N5O3S. The molecule has 110 valence electrons. The molecule has 0 radical (unpaired) electrons. The maximum Gasteiger partial charge on any atom is 0.413 e. The first-order valence-electron chi connectivity index (χ1n) is 6.11. The zero-order valence-corrected chi connectivity index (χ0v) is 12.0. The Morgan fingerprint density at radius 3 is 2.86 bits per heavy atom. The van der Waals surface area contributed by atoms with Crippen molar-refractivity contribution < 1.29 is 14.3 Å². The van der Waals surface area contributed by atoms with Crippen molar-refractivity contribution >= 4 is 23.8 Å². The predicted molar refractivity (Wildman–Crippen MR) is 75.5 cm³/mol. The van der Waals surface area contributed by atoms with Gasteiger partial charge in [0.25, 0.3) is 0 Å². The predicted octanol–water partition coefficient (Wildman–Crippen LogP) is 1.23. The van der Waals surface area contributed by atoms with Crippen LogP contribution >= 0.6 is 11.8 Å². The summed E-state index contributed by atoms with van der Waals surface area (Å²) in [6, 6.07) is 3.59. The first kappa shape index (κ1) is 15.0. The fourth-order valence-corrected chi connectivity index (χ4v) is 2.00. The lowest BCUT2D eigenvalue weighted by Gasteiger charge is -2.02. The number of rotatable bonds is 5. The van der Waals surface area contributed by atoms with E-state index in [1.54, 1.807) is 31.5 Å². The Hall–Kier alpha value is -2.42. The van der Waals surface area contributed by atoms with Crippen molar-refractivity contribution in [3.63, 3.8) is 0 Å². The zero-order valence-electron chi connectivity index (χ0n) is 11.2. The number of imide groups is 1. The molecule has 0 saturated heterocycles. The third-order valence-electron chi connectivity index (χ3n) is 2.27. The second kappa shape index (κ2) is 7.39. The standard InChI is InChI=1S/C12H13N5O3S/c1-2-20-12(19)14-9(18)7-21-11-15-10(16-17-11)8-3-5-13-6-4-8/h3-6H,2,7H2,1H3,(H,14,18,19)(H,15,16,17). The monoisotopic (exact) mass is 307 g/mol. The topological polar surface area (TPSA) is 110 Å². The summed E-state index contributed by atoms with van der Waals surface area (Å²) in [5.74, 6) is 0.145. The van der Waals surface area contributed by atoms with E-state index >= 15 is 0 Å². The average molecular weight is 307 g/mol. The third-order valence-corrected chi connectivity index (χ3v) is 3.12. The van der Waals surface area contributed by atoms with Gasteiger partial charge in [0.05, 0.1) is 12.4 Å². The van der Waals surface area contributed by atoms with Crippen molar-refractivity contribution in [3.8, 4) is 11.4 Å². The second-order valence-electron chi connectivity index (χ2n) is 3.76. The molecule has 0 aliphatic heterocycles. The fourth-order valence-electron chi connectivity index (χ4n) is 1.40. The lowest BCUT2D eigenvalue weighted by molar-refractivity contribution is -0.117. The van der Waals surface area contributed by atoms with E-state index < -0.39 is 12.0 Å². The van der Waals surface area contributed by atoms with Crippen molar-refractivity contribution in [2.24, 2.45) is 0 Å². The number of aromatic nitrogens is 4. The smallest absolute Gasteiger partial charge is 0.413 e. The van der Waals surface area contributed by atoms with Gasteiger partial charge in [-0.2, -0.15) is 0 Å². The van der Waals surface area contributed by atoms with E-state index in [4.69, 9.17) is 0 Å². The lowest BCUT2D eigenvalue weighted by atomic mass is 10.3. The van der Waals surface area contributed by atoms with Gasteiger partial charge in [-0.25, -0.2) is 9.78 Å². The molecule has 2 N–H and O–H groups in total. The van der Waals surface area contributed by atoms with Gasteiger partial charge in [0.2, 0.25) is 11.1 Å². The van der Waals surface area contributed by atoms with Crippen LogP contribution in [0.4, 0.5) is 4.79 Å². The molecule has 2 aromatic rings. The Balaban J connectivity index is 1.86. The number of amides is 2. The molecule has 0 bridgehead atoms. The van der Waals surface area contributed by atoms with Crippen LogP contribution in [-0.4, -0.2) is 44.5 Å². The molecule has 2 heterocycles. The first-order valence-corrected chi connectivity index (χ1v) is 7.09. The molecule has 21 heavy (non-hydrogen) atoms. The highest BCUT2D eigenvalue weighted by Crippen LogP contribution is 2.18. The zero-order chi connectivity index (χ0) is 15.1. The number of ether oxygens (including phenoxy) is 1. The molecule has 0 unspecified atom stereocenters. The van der Waals surface area contributed by atoms with Crippen LogP contribution in [0.2, 0.25) is 0 Å². The summed E-state index contributed by atoms with van der Waals surface area (Å²) in [6.07, 6.45) is 2.55. The van der Waals surface area contributed by atoms with Crippen LogP contribution in [0.25, 0.3) is 11.4 Å². The van der Waals surface area contributed by atoms with Crippen LogP contribution in [0.3, 0.4) is 0 Å². The maximum atomic E-state index is 11.5. The van der Waals surface area contributed by atoms with E-state index in [9.17, 15) is 9.59 Å². The molecule has 0 spiro atoms. The highest BCUT2D eigenvalue weighted by molar-refractivity contribution is 7.99. The number of carbonyl (C=O) groups excluding carboxylic acids is 2. The van der Waals surface area contributed by atoms with Crippen LogP contribution in [0, 0.1) is 0 Å². The minimum Gasteiger partial charge on any atom is -0.450 e. The van der Waals surface area contributed by atoms with Gasteiger partial charge in [-0.15, -0.1) is 5.10 Å². The van der Waals surface area contributed by atoms with Gasteiger partial charge in [-0.05, 0) is 19.1 Å². The molecule has 0 fully saturated rings. The Bertz CT molecular complexity index is 616. The van der Waals surface area contributed by atoms with Crippen LogP contribution in [0.15, 0.2) is 29.7 Å². The number of H-pyrrole nitrogens is 1. The Labute approximate surface area is 124 Å². The van der Waals surface area contributed by atoms with Crippen molar-refractivity contribution in [2.45, 2.75) is 12.1 Å². The van der Waals surface area contributed by atoms with Crippen molar-refractivity contribution in [2.75, 3.05) is 12.4 Å². The van der Waals surface area contributed by atoms with Crippen LogP contribution in [-0.2, 0) is 9.53 Å². The molecule has 0 aliphatic rings. The van der Waals surface area contributed by atoms with E-state index in [1.807, 2.05) is 0 Å². The van der Waals surface area contributed by atoms with E-state index in [2.05, 4.69) is 30.2 Å². The van der Waals surface area contributed by atoms with Gasteiger partial charge in [0.1, 0.15) is 0 Å². The van der Waals surface area contributed by atoms with Crippen LogP contribution in [0.5, 0.6) is 0 Å². The number of alkyl carbamates (subject to hydrolysis) is 1. The summed E-state index contributed by atoms with van der Waals surface area (Å²) in [6.45, 7) is 1.87. The van der Waals surface area contributed by atoms with Gasteiger partial charge < -0.3 is 4.74 Å². The van der Waals surface area contributed by atoms with E-state index in [1.165, 1.54) is 0 Å². The van der Waals surface area contributed by atoms with Crippen LogP contribution in [0.1, 0.15) is 6.92 Å². The van der Waals surface area contributed by atoms with Crippen molar-refractivity contribution in [3.05, 3.63) is 24.5 Å². The fraction of sp³-hybridized carbons (Fsp3) is 0.250. The number of nitrogens with zero attached hydrogens (tertiary/aromatic N) is 3. The average Bonchev–Trinajstić information content (AvgIpc) is 2.95. The Morgan fingerprint density at radius 1 is 1.38 bits per heavy atom. The van der Waals surface area contributed by atoms with Gasteiger partial charge in [0, 0.05) is 18.0 Å². The quantitative estimate of drug-likeness (QED) is 0.799. The Kier molecular flexibility index (Phi) is 5.27. The summed E-state index contributed by atoms with van der Waals surface area (Å²) in [5.41, 5.74) is 0.848. The molecule has 2 rings (SSSR count). The molecule has 0 aromatic carbocycles. The number of hydrogen-bond acceptors (Lipinski definition) is 7. The number of carbonyl (C=O) groups is 2. The third kappa shape index (κ3) is 4.56. The lowest BCUT2D eigenvalue weighted by Crippen LogP contribution is -2.32. The van der Waals surface area contributed by atoms with Crippen molar-refractivity contribution in [1.29, 1.82) is 0 Å². The molecule has 0 saturated carbocycles. The minimum absolute atomic E-state index is 0.0203. The van der Waals surface area contributed by atoms with E-state index in [0.29, 0.717) is 11.0 Å².